The van der Waals surface area contributed by atoms with Crippen molar-refractivity contribution in [1.82, 2.24) is 20.3 Å². The van der Waals surface area contributed by atoms with Crippen molar-refractivity contribution in [2.24, 2.45) is 5.92 Å². The van der Waals surface area contributed by atoms with Gasteiger partial charge >= 0.3 is 0 Å². The van der Waals surface area contributed by atoms with Gasteiger partial charge in [-0.05, 0) is 31.5 Å². The van der Waals surface area contributed by atoms with Crippen LogP contribution in [-0.4, -0.2) is 38.7 Å². The lowest BCUT2D eigenvalue weighted by atomic mass is 10.1. The van der Waals surface area contributed by atoms with Crippen molar-refractivity contribution in [2.75, 3.05) is 6.61 Å². The molecular formula is C16H17ClN4O2. The summed E-state index contributed by atoms with van der Waals surface area (Å²) < 4.78 is 1.59. The van der Waals surface area contributed by atoms with Crippen LogP contribution in [0, 0.1) is 12.8 Å². The second-order valence-corrected chi connectivity index (χ2v) is 5.99. The highest BCUT2D eigenvalue weighted by molar-refractivity contribution is 6.30. The Hall–Kier alpha value is -2.18. The van der Waals surface area contributed by atoms with Gasteiger partial charge in [0.05, 0.1) is 11.4 Å². The summed E-state index contributed by atoms with van der Waals surface area (Å²) in [4.78, 5) is 12.4. The monoisotopic (exact) mass is 332 g/mol. The van der Waals surface area contributed by atoms with E-state index in [4.69, 9.17) is 16.7 Å². The van der Waals surface area contributed by atoms with Gasteiger partial charge in [0.1, 0.15) is 0 Å². The maximum absolute atomic E-state index is 12.4. The van der Waals surface area contributed by atoms with Crippen LogP contribution in [0.3, 0.4) is 0 Å². The molecule has 0 radical (unpaired) electrons. The highest BCUT2D eigenvalue weighted by atomic mass is 35.5. The van der Waals surface area contributed by atoms with E-state index in [9.17, 15) is 4.79 Å². The van der Waals surface area contributed by atoms with Gasteiger partial charge in [-0.3, -0.25) is 4.79 Å². The van der Waals surface area contributed by atoms with E-state index < -0.39 is 0 Å². The number of aliphatic hydroxyl groups is 1. The van der Waals surface area contributed by atoms with Gasteiger partial charge in [0.2, 0.25) is 0 Å². The number of hydrogen-bond donors (Lipinski definition) is 2. The highest BCUT2D eigenvalue weighted by Gasteiger charge is 2.23. The highest BCUT2D eigenvalue weighted by Crippen LogP contribution is 2.19. The molecule has 0 spiro atoms. The van der Waals surface area contributed by atoms with Gasteiger partial charge in [0, 0.05) is 23.6 Å². The lowest BCUT2D eigenvalue weighted by molar-refractivity contribution is 0.0935. The largest absolute Gasteiger partial charge is 0.396 e. The summed E-state index contributed by atoms with van der Waals surface area (Å²) in [5, 5.41) is 20.7. The summed E-state index contributed by atoms with van der Waals surface area (Å²) in [6.45, 7) is 1.88. The minimum absolute atomic E-state index is 0.0876. The first kappa shape index (κ1) is 15.7. The molecule has 120 valence electrons. The molecule has 0 saturated carbocycles. The Morgan fingerprint density at radius 1 is 1.48 bits per heavy atom. The molecule has 1 aliphatic rings. The van der Waals surface area contributed by atoms with Crippen LogP contribution in [0.2, 0.25) is 5.02 Å². The standard InChI is InChI=1S/C16H17ClN4O2/c1-10-15(16(23)18-13-6-5-11(7-13)9-22)19-20-21(10)14-4-2-3-12(17)8-14/h2-6,8,11,13,22H,7,9H2,1H3,(H,18,23)/t11-,13+/m0/s1. The predicted octanol–water partition coefficient (Wildman–Crippen LogP) is 1.90. The molecule has 1 aromatic heterocycles. The maximum atomic E-state index is 12.4. The van der Waals surface area contributed by atoms with Gasteiger partial charge in [-0.2, -0.15) is 0 Å². The Bertz CT molecular complexity index is 756. The molecule has 0 aliphatic heterocycles. The van der Waals surface area contributed by atoms with E-state index in [-0.39, 0.29) is 30.2 Å². The SMILES string of the molecule is Cc1c(C(=O)N[C@@H]2C=C[C@H](CO)C2)nnn1-c1cccc(Cl)c1. The summed E-state index contributed by atoms with van der Waals surface area (Å²) in [6.07, 6.45) is 4.51. The van der Waals surface area contributed by atoms with Crippen LogP contribution in [0.25, 0.3) is 5.69 Å². The third kappa shape index (κ3) is 3.28. The van der Waals surface area contributed by atoms with E-state index >= 15 is 0 Å². The van der Waals surface area contributed by atoms with Crippen molar-refractivity contribution in [3.63, 3.8) is 0 Å². The molecule has 6 nitrogen and oxygen atoms in total. The molecular weight excluding hydrogens is 316 g/mol. The van der Waals surface area contributed by atoms with Gasteiger partial charge in [-0.1, -0.05) is 35.0 Å². The van der Waals surface area contributed by atoms with Crippen LogP contribution in [0.1, 0.15) is 22.6 Å². The van der Waals surface area contributed by atoms with Gasteiger partial charge < -0.3 is 10.4 Å². The third-order valence-corrected chi connectivity index (χ3v) is 4.12. The molecule has 0 bridgehead atoms. The Kier molecular flexibility index (Phi) is 4.45. The van der Waals surface area contributed by atoms with E-state index in [0.717, 1.165) is 5.69 Å². The molecule has 1 aliphatic carbocycles. The molecule has 1 heterocycles. The summed E-state index contributed by atoms with van der Waals surface area (Å²) >= 11 is 5.99. The van der Waals surface area contributed by atoms with Crippen molar-refractivity contribution in [1.29, 1.82) is 0 Å². The summed E-state index contributed by atoms with van der Waals surface area (Å²) in [5.41, 5.74) is 1.68. The van der Waals surface area contributed by atoms with Crippen LogP contribution in [0.15, 0.2) is 36.4 Å². The minimum Gasteiger partial charge on any atom is -0.396 e. The van der Waals surface area contributed by atoms with Crippen molar-refractivity contribution < 1.29 is 9.90 Å². The van der Waals surface area contributed by atoms with Crippen molar-refractivity contribution in [3.8, 4) is 5.69 Å². The average molecular weight is 333 g/mol. The predicted molar refractivity (Wildman–Crippen MR) is 86.7 cm³/mol. The van der Waals surface area contributed by atoms with Gasteiger partial charge in [0.15, 0.2) is 5.69 Å². The molecule has 1 amide bonds. The fourth-order valence-corrected chi connectivity index (χ4v) is 2.83. The normalized spacial score (nSPS) is 20.0. The second kappa shape index (κ2) is 6.52. The number of nitrogens with zero attached hydrogens (tertiary/aromatic N) is 3. The van der Waals surface area contributed by atoms with Gasteiger partial charge in [0.25, 0.3) is 5.91 Å². The number of aromatic nitrogens is 3. The smallest absolute Gasteiger partial charge is 0.274 e. The zero-order chi connectivity index (χ0) is 16.4. The first-order valence-corrected chi connectivity index (χ1v) is 7.74. The van der Waals surface area contributed by atoms with Crippen molar-refractivity contribution in [2.45, 2.75) is 19.4 Å². The van der Waals surface area contributed by atoms with Crippen LogP contribution in [0.5, 0.6) is 0 Å². The second-order valence-electron chi connectivity index (χ2n) is 5.56. The van der Waals surface area contributed by atoms with Gasteiger partial charge in [-0.15, -0.1) is 5.10 Å². The number of amides is 1. The average Bonchev–Trinajstić information content (AvgIpc) is 3.13. The van der Waals surface area contributed by atoms with E-state index in [1.54, 1.807) is 23.7 Å². The third-order valence-electron chi connectivity index (χ3n) is 3.89. The zero-order valence-electron chi connectivity index (χ0n) is 12.6. The molecule has 0 saturated heterocycles. The topological polar surface area (TPSA) is 80.0 Å². The molecule has 0 unspecified atom stereocenters. The van der Waals surface area contributed by atoms with Crippen LogP contribution in [-0.2, 0) is 0 Å². The van der Waals surface area contributed by atoms with Crippen LogP contribution < -0.4 is 5.32 Å². The number of carbonyl (C=O) groups is 1. The van der Waals surface area contributed by atoms with Crippen molar-refractivity contribution in [3.05, 3.63) is 52.8 Å². The minimum atomic E-state index is -0.274. The molecule has 7 heteroatoms. The van der Waals surface area contributed by atoms with Crippen molar-refractivity contribution >= 4 is 17.5 Å². The Morgan fingerprint density at radius 3 is 3.00 bits per heavy atom. The maximum Gasteiger partial charge on any atom is 0.274 e. The van der Waals surface area contributed by atoms with Crippen LogP contribution in [0.4, 0.5) is 0 Å². The van der Waals surface area contributed by atoms with Crippen LogP contribution >= 0.6 is 11.6 Å². The quantitative estimate of drug-likeness (QED) is 0.838. The molecule has 2 N–H and O–H groups in total. The van der Waals surface area contributed by atoms with Gasteiger partial charge in [-0.25, -0.2) is 4.68 Å². The lowest BCUT2D eigenvalue weighted by Crippen LogP contribution is -2.33. The Morgan fingerprint density at radius 2 is 2.30 bits per heavy atom. The number of nitrogens with one attached hydrogen (secondary N) is 1. The number of halogens is 1. The number of carbonyl (C=O) groups excluding carboxylic acids is 1. The summed E-state index contributed by atoms with van der Waals surface area (Å²) in [7, 11) is 0. The molecule has 1 aromatic carbocycles. The van der Waals surface area contributed by atoms with E-state index in [2.05, 4.69) is 15.6 Å². The molecule has 2 aromatic rings. The fourth-order valence-electron chi connectivity index (χ4n) is 2.65. The summed E-state index contributed by atoms with van der Waals surface area (Å²) in [5.74, 6) is -0.174. The van der Waals surface area contributed by atoms with E-state index in [0.29, 0.717) is 17.1 Å². The molecule has 23 heavy (non-hydrogen) atoms. The van der Waals surface area contributed by atoms with E-state index in [1.807, 2.05) is 24.3 Å². The number of hydrogen-bond acceptors (Lipinski definition) is 4. The number of aliphatic hydroxyl groups excluding tert-OH is 1. The fraction of sp³-hybridized carbons (Fsp3) is 0.312. The molecule has 0 fully saturated rings. The molecule has 2 atom stereocenters. The molecule has 3 rings (SSSR count). The first-order valence-electron chi connectivity index (χ1n) is 7.36. The zero-order valence-corrected chi connectivity index (χ0v) is 13.4. The Balaban J connectivity index is 1.77. The Labute approximate surface area is 138 Å². The number of rotatable bonds is 4. The lowest BCUT2D eigenvalue weighted by Gasteiger charge is -2.12. The van der Waals surface area contributed by atoms with E-state index in [1.165, 1.54) is 0 Å². The number of benzene rings is 1. The summed E-state index contributed by atoms with van der Waals surface area (Å²) in [6, 6.07) is 7.11. The first-order chi connectivity index (χ1) is 11.1.